The highest BCUT2D eigenvalue weighted by Gasteiger charge is 2.24. The number of hydrogen-bond acceptors (Lipinski definition) is 5. The lowest BCUT2D eigenvalue weighted by Gasteiger charge is -2.22. The number of rotatable bonds is 5. The third-order valence-electron chi connectivity index (χ3n) is 5.86. The van der Waals surface area contributed by atoms with Crippen molar-refractivity contribution in [3.63, 3.8) is 0 Å². The zero-order valence-electron chi connectivity index (χ0n) is 18.8. The third-order valence-corrected chi connectivity index (χ3v) is 6.52. The molecule has 0 radical (unpaired) electrons. The highest BCUT2D eigenvalue weighted by molar-refractivity contribution is 9.10. The van der Waals surface area contributed by atoms with Crippen LogP contribution >= 0.6 is 15.9 Å². The van der Waals surface area contributed by atoms with E-state index in [2.05, 4.69) is 31.0 Å². The van der Waals surface area contributed by atoms with Crippen LogP contribution in [0.3, 0.4) is 0 Å². The van der Waals surface area contributed by atoms with Gasteiger partial charge in [0.1, 0.15) is 11.7 Å². The fourth-order valence-corrected chi connectivity index (χ4v) is 4.75. The van der Waals surface area contributed by atoms with Crippen molar-refractivity contribution in [1.29, 1.82) is 0 Å². The molecule has 1 fully saturated rings. The topological polar surface area (TPSA) is 72.6 Å². The van der Waals surface area contributed by atoms with E-state index in [1.165, 1.54) is 12.1 Å². The molecule has 1 aliphatic heterocycles. The van der Waals surface area contributed by atoms with Crippen molar-refractivity contribution < 1.29 is 13.9 Å². The molecule has 2 aromatic heterocycles. The first-order valence-electron chi connectivity index (χ1n) is 11.0. The molecule has 0 saturated carbocycles. The van der Waals surface area contributed by atoms with Crippen LogP contribution in [0.1, 0.15) is 41.4 Å². The van der Waals surface area contributed by atoms with Crippen LogP contribution in [0.4, 0.5) is 10.1 Å². The van der Waals surface area contributed by atoms with Crippen LogP contribution in [0.5, 0.6) is 0 Å². The molecule has 0 amide bonds. The SMILES string of the molecule is CN(C)C=Nc1c(C(=O)c2ccc(F)c3nn(C4CCCCO4)cc23)cc(Br)c2cnccc12. The van der Waals surface area contributed by atoms with E-state index >= 15 is 0 Å². The highest BCUT2D eigenvalue weighted by Crippen LogP contribution is 2.37. The summed E-state index contributed by atoms with van der Waals surface area (Å²) in [6, 6.07) is 6.38. The summed E-state index contributed by atoms with van der Waals surface area (Å²) in [7, 11) is 3.72. The summed E-state index contributed by atoms with van der Waals surface area (Å²) in [5.74, 6) is -0.739. The van der Waals surface area contributed by atoms with Crippen molar-refractivity contribution in [1.82, 2.24) is 19.7 Å². The minimum absolute atomic E-state index is 0.155. The van der Waals surface area contributed by atoms with Crippen LogP contribution in [-0.2, 0) is 4.74 Å². The molecular formula is C25H23BrFN5O2. The molecule has 9 heteroatoms. The predicted octanol–water partition coefficient (Wildman–Crippen LogP) is 5.64. The number of ether oxygens (including phenoxy) is 1. The Morgan fingerprint density at radius 2 is 2.09 bits per heavy atom. The second-order valence-corrected chi connectivity index (χ2v) is 9.36. The first-order chi connectivity index (χ1) is 16.4. The molecule has 1 aliphatic rings. The Kier molecular flexibility index (Phi) is 6.14. The molecule has 0 aliphatic carbocycles. The van der Waals surface area contributed by atoms with Gasteiger partial charge in [0.15, 0.2) is 11.6 Å². The van der Waals surface area contributed by atoms with Gasteiger partial charge in [-0.3, -0.25) is 9.78 Å². The Labute approximate surface area is 204 Å². The van der Waals surface area contributed by atoms with Crippen LogP contribution in [0.15, 0.2) is 52.3 Å². The number of aliphatic imine (C=N–C) groups is 1. The number of carbonyl (C=O) groups is 1. The van der Waals surface area contributed by atoms with E-state index in [0.717, 1.165) is 34.5 Å². The van der Waals surface area contributed by atoms with Gasteiger partial charge in [0.2, 0.25) is 0 Å². The smallest absolute Gasteiger partial charge is 0.196 e. The molecule has 0 N–H and O–H groups in total. The maximum atomic E-state index is 14.7. The van der Waals surface area contributed by atoms with Gasteiger partial charge in [-0.25, -0.2) is 14.1 Å². The van der Waals surface area contributed by atoms with Crippen LogP contribution in [-0.4, -0.2) is 52.5 Å². The van der Waals surface area contributed by atoms with Gasteiger partial charge in [-0.1, -0.05) is 15.9 Å². The van der Waals surface area contributed by atoms with Crippen molar-refractivity contribution in [2.75, 3.05) is 20.7 Å². The first kappa shape index (κ1) is 22.6. The monoisotopic (exact) mass is 523 g/mol. The normalized spacial score (nSPS) is 16.5. The van der Waals surface area contributed by atoms with E-state index in [4.69, 9.17) is 4.74 Å². The molecule has 2 aromatic carbocycles. The number of fused-ring (bicyclic) bond motifs is 2. The van der Waals surface area contributed by atoms with Gasteiger partial charge < -0.3 is 9.64 Å². The standard InChI is InChI=1S/C25H23BrFN5O2/c1-31(2)14-29-23-15-8-9-28-12-18(15)20(26)11-17(23)25(33)16-6-7-21(27)24-19(16)13-32(30-24)22-5-3-4-10-34-22/h6-9,11-14,22H,3-5,10H2,1-2H3. The summed E-state index contributed by atoms with van der Waals surface area (Å²) >= 11 is 3.57. The van der Waals surface area contributed by atoms with Gasteiger partial charge in [0.25, 0.3) is 0 Å². The van der Waals surface area contributed by atoms with Crippen LogP contribution in [0, 0.1) is 5.82 Å². The molecule has 34 heavy (non-hydrogen) atoms. The minimum atomic E-state index is -0.474. The van der Waals surface area contributed by atoms with Crippen molar-refractivity contribution in [2.45, 2.75) is 25.5 Å². The van der Waals surface area contributed by atoms with Crippen LogP contribution < -0.4 is 0 Å². The van der Waals surface area contributed by atoms with Crippen molar-refractivity contribution in [3.8, 4) is 0 Å². The Balaban J connectivity index is 1.68. The molecule has 1 atom stereocenters. The lowest BCUT2D eigenvalue weighted by molar-refractivity contribution is -0.0391. The summed E-state index contributed by atoms with van der Waals surface area (Å²) in [5.41, 5.74) is 1.44. The summed E-state index contributed by atoms with van der Waals surface area (Å²) in [5, 5.41) is 6.52. The van der Waals surface area contributed by atoms with Gasteiger partial charge in [-0.05, 0) is 43.5 Å². The van der Waals surface area contributed by atoms with Crippen molar-refractivity contribution in [3.05, 3.63) is 64.3 Å². The maximum Gasteiger partial charge on any atom is 0.196 e. The van der Waals surface area contributed by atoms with E-state index in [0.29, 0.717) is 28.8 Å². The molecule has 4 aromatic rings. The number of aromatic nitrogens is 3. The number of hydrogen-bond donors (Lipinski definition) is 0. The van der Waals surface area contributed by atoms with Gasteiger partial charge in [-0.15, -0.1) is 0 Å². The van der Waals surface area contributed by atoms with E-state index < -0.39 is 5.82 Å². The summed E-state index contributed by atoms with van der Waals surface area (Å²) in [4.78, 5) is 24.5. The molecule has 7 nitrogen and oxygen atoms in total. The lowest BCUT2D eigenvalue weighted by Crippen LogP contribution is -2.18. The van der Waals surface area contributed by atoms with Gasteiger partial charge in [-0.2, -0.15) is 5.10 Å². The summed E-state index contributed by atoms with van der Waals surface area (Å²) in [6.07, 6.45) is 9.32. The number of benzene rings is 2. The molecular weight excluding hydrogens is 501 g/mol. The minimum Gasteiger partial charge on any atom is -0.369 e. The highest BCUT2D eigenvalue weighted by atomic mass is 79.9. The summed E-state index contributed by atoms with van der Waals surface area (Å²) in [6.45, 7) is 0.641. The Morgan fingerprint density at radius 1 is 1.24 bits per heavy atom. The third kappa shape index (κ3) is 4.10. The molecule has 0 bridgehead atoms. The van der Waals surface area contributed by atoms with Crippen LogP contribution in [0.2, 0.25) is 0 Å². The number of carbonyl (C=O) groups excluding carboxylic acids is 1. The van der Waals surface area contributed by atoms with Crippen molar-refractivity contribution in [2.24, 2.45) is 4.99 Å². The van der Waals surface area contributed by atoms with Crippen LogP contribution in [0.25, 0.3) is 21.7 Å². The van der Waals surface area contributed by atoms with Gasteiger partial charge in [0, 0.05) is 65.5 Å². The molecule has 174 valence electrons. The Hall–Kier alpha value is -3.17. The predicted molar refractivity (Wildman–Crippen MR) is 133 cm³/mol. The fraction of sp³-hybridized carbons (Fsp3) is 0.280. The number of halogens is 2. The van der Waals surface area contributed by atoms with E-state index in [1.54, 1.807) is 40.6 Å². The molecule has 1 unspecified atom stereocenters. The Morgan fingerprint density at radius 3 is 2.85 bits per heavy atom. The number of pyridine rings is 1. The maximum absolute atomic E-state index is 14.7. The zero-order valence-corrected chi connectivity index (χ0v) is 20.4. The average Bonchev–Trinajstić information content (AvgIpc) is 3.30. The quantitative estimate of drug-likeness (QED) is 0.192. The van der Waals surface area contributed by atoms with E-state index in [9.17, 15) is 9.18 Å². The molecule has 0 spiro atoms. The lowest BCUT2D eigenvalue weighted by atomic mass is 9.96. The van der Waals surface area contributed by atoms with E-state index in [-0.39, 0.29) is 17.5 Å². The number of ketones is 1. The van der Waals surface area contributed by atoms with Gasteiger partial charge in [0.05, 0.1) is 17.6 Å². The first-order valence-corrected chi connectivity index (χ1v) is 11.8. The van der Waals surface area contributed by atoms with Crippen molar-refractivity contribution >= 4 is 55.4 Å². The Bertz CT molecular complexity index is 1430. The molecule has 5 rings (SSSR count). The molecule has 1 saturated heterocycles. The molecule has 3 heterocycles. The average molecular weight is 524 g/mol. The number of nitrogens with zero attached hydrogens (tertiary/aromatic N) is 5. The van der Waals surface area contributed by atoms with E-state index in [1.807, 2.05) is 20.2 Å². The largest absolute Gasteiger partial charge is 0.369 e. The second kappa shape index (κ2) is 9.23. The second-order valence-electron chi connectivity index (χ2n) is 8.50. The van der Waals surface area contributed by atoms with Gasteiger partial charge >= 0.3 is 0 Å². The zero-order chi connectivity index (χ0) is 23.8. The fourth-order valence-electron chi connectivity index (χ4n) is 4.21. The summed E-state index contributed by atoms with van der Waals surface area (Å²) < 4.78 is 22.9.